The van der Waals surface area contributed by atoms with Crippen LogP contribution in [0.4, 0.5) is 0 Å². The van der Waals surface area contributed by atoms with Crippen LogP contribution in [0.25, 0.3) is 0 Å². The Bertz CT molecular complexity index is 726. The molecule has 2 rings (SSSR count). The Morgan fingerprint density at radius 3 is 2.35 bits per heavy atom. The molecule has 0 aliphatic heterocycles. The third-order valence-electron chi connectivity index (χ3n) is 6.67. The van der Waals surface area contributed by atoms with E-state index < -0.39 is 8.32 Å². The minimum atomic E-state index is -1.78. The number of rotatable bonds is 11. The summed E-state index contributed by atoms with van der Waals surface area (Å²) < 4.78 is 13.1. The molecule has 0 heterocycles. The Kier molecular flexibility index (Phi) is 10.2. The highest BCUT2D eigenvalue weighted by molar-refractivity contribution is 6.73. The summed E-state index contributed by atoms with van der Waals surface area (Å²) in [5.41, 5.74) is 1.98. The van der Waals surface area contributed by atoms with Crippen molar-refractivity contribution in [1.82, 2.24) is 0 Å². The van der Waals surface area contributed by atoms with Crippen LogP contribution in [0.5, 0.6) is 0 Å². The highest BCUT2D eigenvalue weighted by Gasteiger charge is 2.39. The van der Waals surface area contributed by atoms with Gasteiger partial charge in [-0.15, -0.1) is 0 Å². The van der Waals surface area contributed by atoms with E-state index in [-0.39, 0.29) is 24.1 Å². The van der Waals surface area contributed by atoms with Crippen molar-refractivity contribution in [2.24, 2.45) is 11.8 Å². The van der Waals surface area contributed by atoms with Gasteiger partial charge in [0.2, 0.25) is 0 Å². The summed E-state index contributed by atoms with van der Waals surface area (Å²) in [7, 11) is -1.78. The van der Waals surface area contributed by atoms with E-state index in [1.807, 2.05) is 30.3 Å². The van der Waals surface area contributed by atoms with Gasteiger partial charge in [-0.1, -0.05) is 70.5 Å². The molecule has 0 N–H and O–H groups in total. The normalized spacial score (nSPS) is 20.7. The number of carbonyl (C=O) groups is 1. The summed E-state index contributed by atoms with van der Waals surface area (Å²) in [6.07, 6.45) is 9.31. The molecule has 0 amide bonds. The van der Waals surface area contributed by atoms with E-state index in [1.54, 1.807) is 0 Å². The summed E-state index contributed by atoms with van der Waals surface area (Å²) in [5, 5.41) is 0. The van der Waals surface area contributed by atoms with Crippen LogP contribution >= 0.6 is 0 Å². The van der Waals surface area contributed by atoms with Crippen LogP contribution in [0.3, 0.4) is 0 Å². The van der Waals surface area contributed by atoms with Gasteiger partial charge < -0.3 is 9.16 Å². The zero-order chi connectivity index (χ0) is 22.9. The lowest BCUT2D eigenvalue weighted by molar-refractivity contribution is 0.00720. The van der Waals surface area contributed by atoms with Crippen molar-refractivity contribution in [3.8, 4) is 0 Å². The van der Waals surface area contributed by atoms with Crippen molar-refractivity contribution >= 4 is 14.3 Å². The topological polar surface area (TPSA) is 35.5 Å². The monoisotopic (exact) mass is 442 g/mol. The first-order valence-electron chi connectivity index (χ1n) is 12.1. The maximum Gasteiger partial charge on any atom is 0.338 e. The summed E-state index contributed by atoms with van der Waals surface area (Å²) in [6, 6.07) is 12.7. The SMILES string of the molecule is CC[Si](CC)(CC)O[C@@H]1C=C(C)CC[C@@H]1[C@H](/C=C/CC(C)C)OC(=O)c1ccccc1. The summed E-state index contributed by atoms with van der Waals surface area (Å²) in [5.74, 6) is 0.466. The molecule has 31 heavy (non-hydrogen) atoms. The lowest BCUT2D eigenvalue weighted by Crippen LogP contribution is -2.46. The predicted octanol–water partition coefficient (Wildman–Crippen LogP) is 7.56. The van der Waals surface area contributed by atoms with Crippen molar-refractivity contribution in [3.63, 3.8) is 0 Å². The van der Waals surface area contributed by atoms with E-state index in [0.717, 1.165) is 37.4 Å². The third kappa shape index (κ3) is 7.46. The average molecular weight is 443 g/mol. The molecule has 1 aromatic carbocycles. The third-order valence-corrected chi connectivity index (χ3v) is 11.3. The number of allylic oxidation sites excluding steroid dienone is 2. The second-order valence-corrected chi connectivity index (χ2v) is 14.1. The fourth-order valence-electron chi connectivity index (χ4n) is 4.33. The molecule has 0 saturated carbocycles. The standard InChI is InChI=1S/C27H42O3Si/c1-7-31(8-2,9-3)30-26-20-22(6)18-19-24(26)25(17-13-14-21(4)5)29-27(28)23-15-11-10-12-16-23/h10-13,15-17,20-21,24-26H,7-9,14,18-19H2,1-6H3/b17-13+/t24-,25+,26-/m1/s1. The van der Waals surface area contributed by atoms with Crippen molar-refractivity contribution < 1.29 is 14.0 Å². The Labute approximate surface area is 191 Å². The number of esters is 1. The molecular formula is C27H42O3Si. The molecular weight excluding hydrogens is 400 g/mol. The molecule has 1 aliphatic carbocycles. The number of ether oxygens (including phenoxy) is 1. The highest BCUT2D eigenvalue weighted by atomic mass is 28.4. The van der Waals surface area contributed by atoms with Gasteiger partial charge in [-0.2, -0.15) is 0 Å². The number of benzene rings is 1. The van der Waals surface area contributed by atoms with Crippen LogP contribution < -0.4 is 0 Å². The van der Waals surface area contributed by atoms with Gasteiger partial charge in [-0.05, 0) is 68.4 Å². The fourth-order valence-corrected chi connectivity index (χ4v) is 7.15. The van der Waals surface area contributed by atoms with Crippen LogP contribution in [0.15, 0.2) is 54.1 Å². The number of hydrogen-bond donors (Lipinski definition) is 0. The van der Waals surface area contributed by atoms with Gasteiger partial charge in [0.15, 0.2) is 8.32 Å². The van der Waals surface area contributed by atoms with E-state index in [9.17, 15) is 4.79 Å². The lowest BCUT2D eigenvalue weighted by atomic mass is 9.83. The van der Waals surface area contributed by atoms with E-state index in [1.165, 1.54) is 5.57 Å². The molecule has 3 nitrogen and oxygen atoms in total. The maximum absolute atomic E-state index is 12.9. The highest BCUT2D eigenvalue weighted by Crippen LogP contribution is 2.35. The smallest absolute Gasteiger partial charge is 0.338 e. The first-order chi connectivity index (χ1) is 14.8. The number of hydrogen-bond acceptors (Lipinski definition) is 3. The van der Waals surface area contributed by atoms with E-state index in [2.05, 4.69) is 59.8 Å². The molecule has 0 bridgehead atoms. The Hall–Kier alpha value is -1.65. The van der Waals surface area contributed by atoms with Crippen molar-refractivity contribution in [1.29, 1.82) is 0 Å². The van der Waals surface area contributed by atoms with Crippen molar-refractivity contribution in [2.75, 3.05) is 0 Å². The van der Waals surface area contributed by atoms with Crippen molar-refractivity contribution in [2.45, 2.75) is 91.1 Å². The first-order valence-corrected chi connectivity index (χ1v) is 14.6. The summed E-state index contributed by atoms with van der Waals surface area (Å²) in [6.45, 7) is 13.4. The van der Waals surface area contributed by atoms with Crippen LogP contribution in [0, 0.1) is 11.8 Å². The fraction of sp³-hybridized carbons (Fsp3) is 0.593. The lowest BCUT2D eigenvalue weighted by Gasteiger charge is -2.40. The molecule has 0 aromatic heterocycles. The van der Waals surface area contributed by atoms with Crippen LogP contribution in [-0.4, -0.2) is 26.5 Å². The zero-order valence-electron chi connectivity index (χ0n) is 20.4. The zero-order valence-corrected chi connectivity index (χ0v) is 21.4. The van der Waals surface area contributed by atoms with Gasteiger partial charge >= 0.3 is 5.97 Å². The van der Waals surface area contributed by atoms with Gasteiger partial charge in [0, 0.05) is 5.92 Å². The predicted molar refractivity (Wildman–Crippen MR) is 133 cm³/mol. The molecule has 0 radical (unpaired) electrons. The molecule has 172 valence electrons. The van der Waals surface area contributed by atoms with Gasteiger partial charge in [0.1, 0.15) is 6.10 Å². The van der Waals surface area contributed by atoms with Gasteiger partial charge in [0.25, 0.3) is 0 Å². The van der Waals surface area contributed by atoms with E-state index in [4.69, 9.17) is 9.16 Å². The van der Waals surface area contributed by atoms with E-state index >= 15 is 0 Å². The summed E-state index contributed by atoms with van der Waals surface area (Å²) >= 11 is 0. The molecule has 1 aromatic rings. The second-order valence-electron chi connectivity index (χ2n) is 9.34. The Morgan fingerprint density at radius 1 is 1.13 bits per heavy atom. The Balaban J connectivity index is 2.31. The first kappa shape index (κ1) is 25.6. The quantitative estimate of drug-likeness (QED) is 0.201. The largest absolute Gasteiger partial charge is 0.454 e. The molecule has 0 spiro atoms. The van der Waals surface area contributed by atoms with Crippen LogP contribution in [0.1, 0.15) is 71.2 Å². The molecule has 0 saturated heterocycles. The second kappa shape index (κ2) is 12.4. The Morgan fingerprint density at radius 2 is 1.77 bits per heavy atom. The maximum atomic E-state index is 12.9. The van der Waals surface area contributed by atoms with E-state index in [0.29, 0.717) is 11.5 Å². The van der Waals surface area contributed by atoms with Gasteiger partial charge in [0.05, 0.1) is 11.7 Å². The van der Waals surface area contributed by atoms with Crippen molar-refractivity contribution in [3.05, 3.63) is 59.7 Å². The van der Waals surface area contributed by atoms with Crippen LogP contribution in [0.2, 0.25) is 18.1 Å². The number of carbonyl (C=O) groups excluding carboxylic acids is 1. The molecule has 0 fully saturated rings. The molecule has 0 unspecified atom stereocenters. The van der Waals surface area contributed by atoms with Crippen LogP contribution in [-0.2, 0) is 9.16 Å². The van der Waals surface area contributed by atoms with Gasteiger partial charge in [-0.3, -0.25) is 0 Å². The van der Waals surface area contributed by atoms with Gasteiger partial charge in [-0.25, -0.2) is 4.79 Å². The minimum Gasteiger partial charge on any atom is -0.454 e. The average Bonchev–Trinajstić information content (AvgIpc) is 2.77. The summed E-state index contributed by atoms with van der Waals surface area (Å²) in [4.78, 5) is 12.9. The minimum absolute atomic E-state index is 0.0116. The molecule has 1 aliphatic rings. The molecule has 4 heteroatoms. The molecule has 3 atom stereocenters.